The second-order valence-electron chi connectivity index (χ2n) is 3.87. The third kappa shape index (κ3) is 3.24. The standard InChI is InChI=1S/C12H17NO3/c1-8(2)13-11(12(14)15)9-4-6-10(16-3)7-5-9/h4-8,11,13H,1-3H3,(H,14,15)/t11-/m1/s1. The zero-order valence-electron chi connectivity index (χ0n) is 9.73. The van der Waals surface area contributed by atoms with Crippen molar-refractivity contribution in [3.63, 3.8) is 0 Å². The average Bonchev–Trinajstić information content (AvgIpc) is 2.25. The number of methoxy groups -OCH3 is 1. The van der Waals surface area contributed by atoms with Gasteiger partial charge >= 0.3 is 5.97 Å². The molecule has 0 heterocycles. The molecule has 0 unspecified atom stereocenters. The van der Waals surface area contributed by atoms with Gasteiger partial charge in [0, 0.05) is 6.04 Å². The Kier molecular flexibility index (Phi) is 4.31. The number of benzene rings is 1. The minimum atomic E-state index is -0.876. The van der Waals surface area contributed by atoms with Gasteiger partial charge in [-0.2, -0.15) is 0 Å². The summed E-state index contributed by atoms with van der Waals surface area (Å²) in [4.78, 5) is 11.1. The third-order valence-electron chi connectivity index (χ3n) is 2.20. The van der Waals surface area contributed by atoms with E-state index in [9.17, 15) is 4.79 Å². The molecule has 1 aromatic rings. The monoisotopic (exact) mass is 223 g/mol. The van der Waals surface area contributed by atoms with E-state index < -0.39 is 12.0 Å². The summed E-state index contributed by atoms with van der Waals surface area (Å²) < 4.78 is 5.02. The summed E-state index contributed by atoms with van der Waals surface area (Å²) in [6, 6.07) is 6.47. The second-order valence-corrected chi connectivity index (χ2v) is 3.87. The van der Waals surface area contributed by atoms with Crippen LogP contribution in [0, 0.1) is 0 Å². The van der Waals surface area contributed by atoms with Crippen molar-refractivity contribution >= 4 is 5.97 Å². The third-order valence-corrected chi connectivity index (χ3v) is 2.20. The maximum atomic E-state index is 11.1. The lowest BCUT2D eigenvalue weighted by molar-refractivity contribution is -0.139. The van der Waals surface area contributed by atoms with Crippen molar-refractivity contribution < 1.29 is 14.6 Å². The first kappa shape index (κ1) is 12.5. The zero-order chi connectivity index (χ0) is 12.1. The Morgan fingerprint density at radius 3 is 2.25 bits per heavy atom. The lowest BCUT2D eigenvalue weighted by atomic mass is 10.1. The highest BCUT2D eigenvalue weighted by molar-refractivity contribution is 5.75. The van der Waals surface area contributed by atoms with Crippen LogP contribution in [-0.4, -0.2) is 24.2 Å². The Bertz CT molecular complexity index is 346. The first-order chi connectivity index (χ1) is 7.54. The Labute approximate surface area is 95.2 Å². The van der Waals surface area contributed by atoms with Crippen LogP contribution in [0.4, 0.5) is 0 Å². The molecule has 2 N–H and O–H groups in total. The molecule has 1 aromatic carbocycles. The maximum Gasteiger partial charge on any atom is 0.325 e. The van der Waals surface area contributed by atoms with Crippen molar-refractivity contribution in [1.82, 2.24) is 5.32 Å². The van der Waals surface area contributed by atoms with E-state index >= 15 is 0 Å². The zero-order valence-corrected chi connectivity index (χ0v) is 9.73. The summed E-state index contributed by atoms with van der Waals surface area (Å²) >= 11 is 0. The molecular weight excluding hydrogens is 206 g/mol. The SMILES string of the molecule is COc1ccc([C@@H](NC(C)C)C(=O)O)cc1. The minimum Gasteiger partial charge on any atom is -0.497 e. The van der Waals surface area contributed by atoms with E-state index in [1.807, 2.05) is 13.8 Å². The van der Waals surface area contributed by atoms with E-state index in [1.165, 1.54) is 0 Å². The van der Waals surface area contributed by atoms with Crippen LogP contribution >= 0.6 is 0 Å². The van der Waals surface area contributed by atoms with Gasteiger partial charge in [0.05, 0.1) is 7.11 Å². The largest absolute Gasteiger partial charge is 0.497 e. The summed E-state index contributed by atoms with van der Waals surface area (Å²) in [5, 5.41) is 12.1. The van der Waals surface area contributed by atoms with Gasteiger partial charge < -0.3 is 9.84 Å². The van der Waals surface area contributed by atoms with Gasteiger partial charge in [-0.3, -0.25) is 10.1 Å². The molecule has 0 saturated carbocycles. The van der Waals surface area contributed by atoms with Crippen LogP contribution in [-0.2, 0) is 4.79 Å². The number of hydrogen-bond acceptors (Lipinski definition) is 3. The second kappa shape index (κ2) is 5.51. The molecule has 4 nitrogen and oxygen atoms in total. The lowest BCUT2D eigenvalue weighted by Gasteiger charge is -2.17. The number of rotatable bonds is 5. The molecule has 4 heteroatoms. The molecule has 0 saturated heterocycles. The van der Waals surface area contributed by atoms with Crippen LogP contribution in [0.3, 0.4) is 0 Å². The van der Waals surface area contributed by atoms with E-state index in [2.05, 4.69) is 5.32 Å². The quantitative estimate of drug-likeness (QED) is 0.799. The van der Waals surface area contributed by atoms with E-state index in [-0.39, 0.29) is 6.04 Å². The van der Waals surface area contributed by atoms with Crippen LogP contribution in [0.25, 0.3) is 0 Å². The van der Waals surface area contributed by atoms with Gasteiger partial charge in [-0.25, -0.2) is 0 Å². The highest BCUT2D eigenvalue weighted by Gasteiger charge is 2.19. The molecule has 0 aliphatic rings. The molecule has 0 bridgehead atoms. The molecule has 0 spiro atoms. The molecule has 1 atom stereocenters. The summed E-state index contributed by atoms with van der Waals surface area (Å²) in [5.74, 6) is -0.156. The van der Waals surface area contributed by atoms with Gasteiger partial charge in [0.1, 0.15) is 11.8 Å². The highest BCUT2D eigenvalue weighted by Crippen LogP contribution is 2.18. The number of nitrogens with one attached hydrogen (secondary N) is 1. The summed E-state index contributed by atoms with van der Waals surface area (Å²) in [6.07, 6.45) is 0. The van der Waals surface area contributed by atoms with Crippen molar-refractivity contribution in [2.75, 3.05) is 7.11 Å². The Morgan fingerprint density at radius 2 is 1.88 bits per heavy atom. The lowest BCUT2D eigenvalue weighted by Crippen LogP contribution is -2.33. The molecule has 0 aliphatic heterocycles. The maximum absolute atomic E-state index is 11.1. The fraction of sp³-hybridized carbons (Fsp3) is 0.417. The smallest absolute Gasteiger partial charge is 0.325 e. The van der Waals surface area contributed by atoms with Gasteiger partial charge in [-0.15, -0.1) is 0 Å². The molecule has 0 aromatic heterocycles. The predicted octanol–water partition coefficient (Wildman–Crippen LogP) is 1.82. The van der Waals surface area contributed by atoms with Gasteiger partial charge in [-0.1, -0.05) is 12.1 Å². The minimum absolute atomic E-state index is 0.114. The number of aliphatic carboxylic acids is 1. The topological polar surface area (TPSA) is 58.6 Å². The van der Waals surface area contributed by atoms with E-state index in [4.69, 9.17) is 9.84 Å². The number of hydrogen-bond donors (Lipinski definition) is 2. The van der Waals surface area contributed by atoms with Crippen LogP contribution in [0.15, 0.2) is 24.3 Å². The Hall–Kier alpha value is -1.55. The summed E-state index contributed by atoms with van der Waals surface area (Å²) in [6.45, 7) is 3.83. The number of carboxylic acid groups (broad SMARTS) is 1. The van der Waals surface area contributed by atoms with Gasteiger partial charge in [0.2, 0.25) is 0 Å². The van der Waals surface area contributed by atoms with Crippen LogP contribution in [0.5, 0.6) is 5.75 Å². The van der Waals surface area contributed by atoms with E-state index in [0.717, 1.165) is 11.3 Å². The van der Waals surface area contributed by atoms with Crippen molar-refractivity contribution in [3.05, 3.63) is 29.8 Å². The fourth-order valence-corrected chi connectivity index (χ4v) is 1.44. The van der Waals surface area contributed by atoms with Crippen molar-refractivity contribution in [1.29, 1.82) is 0 Å². The normalized spacial score (nSPS) is 12.5. The van der Waals surface area contributed by atoms with E-state index in [0.29, 0.717) is 0 Å². The molecular formula is C12H17NO3. The van der Waals surface area contributed by atoms with Crippen molar-refractivity contribution in [3.8, 4) is 5.75 Å². The number of ether oxygens (including phenoxy) is 1. The summed E-state index contributed by atoms with van der Waals surface area (Å²) in [5.41, 5.74) is 0.724. The van der Waals surface area contributed by atoms with Gasteiger partial charge in [0.25, 0.3) is 0 Å². The molecule has 16 heavy (non-hydrogen) atoms. The van der Waals surface area contributed by atoms with Crippen LogP contribution < -0.4 is 10.1 Å². The molecule has 0 aliphatic carbocycles. The van der Waals surface area contributed by atoms with Gasteiger partial charge in [-0.05, 0) is 31.5 Å². The van der Waals surface area contributed by atoms with E-state index in [1.54, 1.807) is 31.4 Å². The number of carbonyl (C=O) groups is 1. The average molecular weight is 223 g/mol. The van der Waals surface area contributed by atoms with Gasteiger partial charge in [0.15, 0.2) is 0 Å². The van der Waals surface area contributed by atoms with Crippen molar-refractivity contribution in [2.24, 2.45) is 0 Å². The Morgan fingerprint density at radius 1 is 1.31 bits per heavy atom. The highest BCUT2D eigenvalue weighted by atomic mass is 16.5. The molecule has 1 rings (SSSR count). The molecule has 0 amide bonds. The molecule has 88 valence electrons. The first-order valence-corrected chi connectivity index (χ1v) is 5.17. The Balaban J connectivity index is 2.88. The van der Waals surface area contributed by atoms with Crippen molar-refractivity contribution in [2.45, 2.75) is 25.9 Å². The van der Waals surface area contributed by atoms with Crippen LogP contribution in [0.2, 0.25) is 0 Å². The fourth-order valence-electron chi connectivity index (χ4n) is 1.44. The first-order valence-electron chi connectivity index (χ1n) is 5.17. The summed E-state index contributed by atoms with van der Waals surface area (Å²) in [7, 11) is 1.58. The predicted molar refractivity (Wildman–Crippen MR) is 61.6 cm³/mol. The molecule has 0 fully saturated rings. The number of carboxylic acids is 1. The molecule has 0 radical (unpaired) electrons. The van der Waals surface area contributed by atoms with Crippen LogP contribution in [0.1, 0.15) is 25.5 Å².